The van der Waals surface area contributed by atoms with E-state index in [-0.39, 0.29) is 19.0 Å². The van der Waals surface area contributed by atoms with Gasteiger partial charge in [-0.15, -0.1) is 0 Å². The van der Waals surface area contributed by atoms with Crippen LogP contribution in [0.1, 0.15) is 46.0 Å². The molecule has 0 spiro atoms. The molecule has 0 radical (unpaired) electrons. The molecule has 2 N–H and O–H groups in total. The molecule has 1 rings (SSSR count). The number of carboxylic acid groups (broad SMARTS) is 1. The van der Waals surface area contributed by atoms with E-state index in [1.165, 1.54) is 30.6 Å². The number of carbonyl (C=O) groups is 2. The first kappa shape index (κ1) is 18.7. The Labute approximate surface area is 133 Å². The van der Waals surface area contributed by atoms with Crippen LogP contribution in [-0.4, -0.2) is 66.2 Å². The van der Waals surface area contributed by atoms with Gasteiger partial charge in [-0.05, 0) is 31.8 Å². The molecule has 1 fully saturated rings. The summed E-state index contributed by atoms with van der Waals surface area (Å²) in [5, 5.41) is 11.6. The third-order valence-electron chi connectivity index (χ3n) is 4.35. The van der Waals surface area contributed by atoms with E-state index >= 15 is 0 Å². The smallest absolute Gasteiger partial charge is 0.317 e. The lowest BCUT2D eigenvalue weighted by Gasteiger charge is -2.34. The van der Waals surface area contributed by atoms with E-state index in [0.29, 0.717) is 18.5 Å². The van der Waals surface area contributed by atoms with Crippen LogP contribution in [0, 0.1) is 5.92 Å². The average molecular weight is 313 g/mol. The summed E-state index contributed by atoms with van der Waals surface area (Å²) in [7, 11) is 1.63. The third kappa shape index (κ3) is 6.64. The fourth-order valence-corrected chi connectivity index (χ4v) is 2.90. The van der Waals surface area contributed by atoms with Crippen molar-refractivity contribution in [2.24, 2.45) is 5.92 Å². The van der Waals surface area contributed by atoms with Gasteiger partial charge in [0.05, 0.1) is 6.42 Å². The van der Waals surface area contributed by atoms with Crippen LogP contribution in [0.4, 0.5) is 4.79 Å². The quantitative estimate of drug-likeness (QED) is 0.754. The lowest BCUT2D eigenvalue weighted by Crippen LogP contribution is -2.49. The van der Waals surface area contributed by atoms with Gasteiger partial charge in [0.15, 0.2) is 0 Å². The Kier molecular flexibility index (Phi) is 8.24. The minimum Gasteiger partial charge on any atom is -0.481 e. The second-order valence-corrected chi connectivity index (χ2v) is 6.51. The van der Waals surface area contributed by atoms with Gasteiger partial charge in [-0.1, -0.05) is 26.7 Å². The molecule has 0 aliphatic carbocycles. The summed E-state index contributed by atoms with van der Waals surface area (Å²) in [6.45, 7) is 7.44. The molecule has 0 aromatic rings. The topological polar surface area (TPSA) is 72.9 Å². The Balaban J connectivity index is 2.45. The molecule has 128 valence electrons. The van der Waals surface area contributed by atoms with Gasteiger partial charge in [0.2, 0.25) is 0 Å². The van der Waals surface area contributed by atoms with Gasteiger partial charge in [0.1, 0.15) is 0 Å². The molecule has 1 heterocycles. The predicted molar refractivity (Wildman–Crippen MR) is 86.9 cm³/mol. The summed E-state index contributed by atoms with van der Waals surface area (Å²) in [6, 6.07) is 0.150. The molecule has 22 heavy (non-hydrogen) atoms. The summed E-state index contributed by atoms with van der Waals surface area (Å²) in [4.78, 5) is 26.5. The Morgan fingerprint density at radius 2 is 1.77 bits per heavy atom. The van der Waals surface area contributed by atoms with Crippen LogP contribution in [0.3, 0.4) is 0 Å². The Bertz CT molecular complexity index is 353. The molecule has 0 aromatic carbocycles. The Morgan fingerprint density at radius 3 is 2.27 bits per heavy atom. The van der Waals surface area contributed by atoms with E-state index in [2.05, 4.69) is 24.1 Å². The van der Waals surface area contributed by atoms with Gasteiger partial charge in [0, 0.05) is 26.2 Å². The minimum atomic E-state index is -0.885. The van der Waals surface area contributed by atoms with Gasteiger partial charge in [-0.25, -0.2) is 4.79 Å². The van der Waals surface area contributed by atoms with Gasteiger partial charge >= 0.3 is 12.0 Å². The maximum atomic E-state index is 12.0. The summed E-state index contributed by atoms with van der Waals surface area (Å²) in [5.41, 5.74) is 0. The number of hydrogen-bond acceptors (Lipinski definition) is 3. The molecule has 0 bridgehead atoms. The molecule has 0 aromatic heterocycles. The second-order valence-electron chi connectivity index (χ2n) is 6.51. The first-order chi connectivity index (χ1) is 10.4. The normalized spacial score (nSPS) is 17.8. The molecule has 1 aliphatic heterocycles. The molecule has 1 atom stereocenters. The van der Waals surface area contributed by atoms with Crippen molar-refractivity contribution in [3.05, 3.63) is 0 Å². The highest BCUT2D eigenvalue weighted by Gasteiger charge is 2.23. The van der Waals surface area contributed by atoms with Gasteiger partial charge in [0.25, 0.3) is 0 Å². The van der Waals surface area contributed by atoms with Crippen LogP contribution in [0.25, 0.3) is 0 Å². The molecule has 6 heteroatoms. The maximum Gasteiger partial charge on any atom is 0.317 e. The van der Waals surface area contributed by atoms with Gasteiger partial charge < -0.3 is 15.3 Å². The standard InChI is InChI=1S/C16H31N3O3/c1-13(2)14(19-9-6-4-5-7-10-19)12-17-16(22)18(3)11-8-15(20)21/h13-14H,4-12H2,1-3H3,(H,17,22)(H,20,21). The van der Waals surface area contributed by atoms with E-state index in [4.69, 9.17) is 5.11 Å². The summed E-state index contributed by atoms with van der Waals surface area (Å²) in [5.74, 6) is -0.410. The lowest BCUT2D eigenvalue weighted by atomic mass is 10.0. The van der Waals surface area contributed by atoms with Crippen molar-refractivity contribution in [3.63, 3.8) is 0 Å². The highest BCUT2D eigenvalue weighted by molar-refractivity contribution is 5.75. The number of hydrogen-bond donors (Lipinski definition) is 2. The first-order valence-corrected chi connectivity index (χ1v) is 8.36. The number of aliphatic carboxylic acids is 1. The van der Waals surface area contributed by atoms with Crippen molar-refractivity contribution in [2.75, 3.05) is 33.2 Å². The number of carboxylic acids is 1. The zero-order valence-electron chi connectivity index (χ0n) is 14.2. The number of carbonyl (C=O) groups excluding carboxylic acids is 1. The van der Waals surface area contributed by atoms with Crippen molar-refractivity contribution < 1.29 is 14.7 Å². The van der Waals surface area contributed by atoms with Crippen molar-refractivity contribution in [3.8, 4) is 0 Å². The van der Waals surface area contributed by atoms with Crippen molar-refractivity contribution in [2.45, 2.75) is 52.0 Å². The van der Waals surface area contributed by atoms with Gasteiger partial charge in [-0.2, -0.15) is 0 Å². The lowest BCUT2D eigenvalue weighted by molar-refractivity contribution is -0.137. The summed E-state index contributed by atoms with van der Waals surface area (Å²) in [6.07, 6.45) is 5.03. The van der Waals surface area contributed by atoms with Crippen LogP contribution in [0.2, 0.25) is 0 Å². The molecular formula is C16H31N3O3. The minimum absolute atomic E-state index is 0.0242. The maximum absolute atomic E-state index is 12.0. The predicted octanol–water partition coefficient (Wildman–Crippen LogP) is 2.00. The van der Waals surface area contributed by atoms with Crippen LogP contribution in [0.15, 0.2) is 0 Å². The van der Waals surface area contributed by atoms with E-state index < -0.39 is 5.97 Å². The number of urea groups is 1. The molecule has 1 unspecified atom stereocenters. The molecule has 0 saturated carbocycles. The van der Waals surface area contributed by atoms with Crippen molar-refractivity contribution in [1.82, 2.24) is 15.1 Å². The zero-order valence-corrected chi connectivity index (χ0v) is 14.2. The van der Waals surface area contributed by atoms with Crippen molar-refractivity contribution >= 4 is 12.0 Å². The molecule has 2 amide bonds. The number of rotatable bonds is 7. The van der Waals surface area contributed by atoms with Crippen LogP contribution in [-0.2, 0) is 4.79 Å². The van der Waals surface area contributed by atoms with Gasteiger partial charge in [-0.3, -0.25) is 9.69 Å². The van der Waals surface area contributed by atoms with Crippen molar-refractivity contribution in [1.29, 1.82) is 0 Å². The Morgan fingerprint density at radius 1 is 1.18 bits per heavy atom. The van der Waals surface area contributed by atoms with Crippen LogP contribution < -0.4 is 5.32 Å². The monoisotopic (exact) mass is 313 g/mol. The first-order valence-electron chi connectivity index (χ1n) is 8.36. The molecule has 1 saturated heterocycles. The SMILES string of the molecule is CC(C)C(CNC(=O)N(C)CCC(=O)O)N1CCCCCC1. The fraction of sp³-hybridized carbons (Fsp3) is 0.875. The number of likely N-dealkylation sites (tertiary alicyclic amines) is 1. The highest BCUT2D eigenvalue weighted by Crippen LogP contribution is 2.17. The number of amides is 2. The molecular weight excluding hydrogens is 282 g/mol. The Hall–Kier alpha value is -1.30. The largest absolute Gasteiger partial charge is 0.481 e. The fourth-order valence-electron chi connectivity index (χ4n) is 2.90. The number of nitrogens with zero attached hydrogens (tertiary/aromatic N) is 2. The average Bonchev–Trinajstić information content (AvgIpc) is 2.73. The van der Waals surface area contributed by atoms with Crippen LogP contribution >= 0.6 is 0 Å². The molecule has 6 nitrogen and oxygen atoms in total. The summed E-state index contributed by atoms with van der Waals surface area (Å²) >= 11 is 0. The van der Waals surface area contributed by atoms with E-state index in [1.54, 1.807) is 7.05 Å². The van der Waals surface area contributed by atoms with E-state index in [1.807, 2.05) is 0 Å². The highest BCUT2D eigenvalue weighted by atomic mass is 16.4. The second kappa shape index (κ2) is 9.66. The zero-order chi connectivity index (χ0) is 16.5. The van der Waals surface area contributed by atoms with Crippen LogP contribution in [0.5, 0.6) is 0 Å². The third-order valence-corrected chi connectivity index (χ3v) is 4.35. The van der Waals surface area contributed by atoms with E-state index in [9.17, 15) is 9.59 Å². The summed E-state index contributed by atoms with van der Waals surface area (Å²) < 4.78 is 0. The number of nitrogens with one attached hydrogen (secondary N) is 1. The van der Waals surface area contributed by atoms with E-state index in [0.717, 1.165) is 13.1 Å². The molecule has 1 aliphatic rings.